The maximum absolute atomic E-state index is 11.1. The van der Waals surface area contributed by atoms with E-state index in [2.05, 4.69) is 71.3 Å². The highest BCUT2D eigenvalue weighted by molar-refractivity contribution is 5.72. The summed E-state index contributed by atoms with van der Waals surface area (Å²) in [5, 5.41) is 0. The van der Waals surface area contributed by atoms with E-state index in [0.29, 0.717) is 0 Å². The van der Waals surface area contributed by atoms with Crippen molar-refractivity contribution in [3.8, 4) is 0 Å². The maximum Gasteiger partial charge on any atom is 0.145 e. The first-order valence-corrected chi connectivity index (χ1v) is 9.01. The molecule has 0 spiro atoms. The zero-order valence-electron chi connectivity index (χ0n) is 16.7. The topological polar surface area (TPSA) is 23.6 Å². The molecular weight excluding hydrogens is 320 g/mol. The van der Waals surface area contributed by atoms with Crippen molar-refractivity contribution in [1.82, 2.24) is 0 Å². The van der Waals surface area contributed by atoms with Gasteiger partial charge in [0.2, 0.25) is 0 Å². The number of rotatable bonds is 7. The minimum Gasteiger partial charge on any atom is -0.378 e. The molecule has 3 heteroatoms. The number of benzene rings is 2. The summed E-state index contributed by atoms with van der Waals surface area (Å²) >= 11 is 0. The summed E-state index contributed by atoms with van der Waals surface area (Å²) in [7, 11) is 8.19. The van der Waals surface area contributed by atoms with Gasteiger partial charge in [-0.2, -0.15) is 0 Å². The molecule has 1 atom stereocenters. The first kappa shape index (κ1) is 19.8. The Morgan fingerprint density at radius 3 is 1.50 bits per heavy atom. The third kappa shape index (κ3) is 4.75. The van der Waals surface area contributed by atoms with Gasteiger partial charge in [-0.1, -0.05) is 37.3 Å². The summed E-state index contributed by atoms with van der Waals surface area (Å²) in [6, 6.07) is 17.4. The van der Waals surface area contributed by atoms with Crippen molar-refractivity contribution in [3.05, 3.63) is 71.3 Å². The quantitative estimate of drug-likeness (QED) is 0.533. The number of anilines is 2. The molecule has 0 N–H and O–H groups in total. The molecule has 0 saturated heterocycles. The summed E-state index contributed by atoms with van der Waals surface area (Å²) in [5.41, 5.74) is 5.66. The van der Waals surface area contributed by atoms with Crippen LogP contribution in [0.5, 0.6) is 0 Å². The van der Waals surface area contributed by atoms with Gasteiger partial charge in [0, 0.05) is 45.5 Å². The van der Waals surface area contributed by atoms with Gasteiger partial charge in [0.1, 0.15) is 6.29 Å². The fraction of sp³-hybridized carbons (Fsp3) is 0.348. The lowest BCUT2D eigenvalue weighted by atomic mass is 9.80. The van der Waals surface area contributed by atoms with E-state index in [9.17, 15) is 4.79 Å². The zero-order chi connectivity index (χ0) is 19.3. The third-order valence-electron chi connectivity index (χ3n) is 4.77. The molecule has 0 radical (unpaired) electrons. The van der Waals surface area contributed by atoms with Crippen LogP contribution in [0.3, 0.4) is 0 Å². The highest BCUT2D eigenvalue weighted by Gasteiger charge is 2.20. The van der Waals surface area contributed by atoms with Crippen LogP contribution in [0.1, 0.15) is 30.9 Å². The molecule has 0 heterocycles. The van der Waals surface area contributed by atoms with E-state index >= 15 is 0 Å². The van der Waals surface area contributed by atoms with Crippen LogP contribution in [0, 0.1) is 5.92 Å². The molecule has 2 rings (SSSR count). The van der Waals surface area contributed by atoms with Crippen LogP contribution in [-0.4, -0.2) is 34.5 Å². The Morgan fingerprint density at radius 2 is 1.19 bits per heavy atom. The average molecular weight is 351 g/mol. The fourth-order valence-corrected chi connectivity index (χ4v) is 3.31. The minimum atomic E-state index is 0.206. The molecule has 0 amide bonds. The van der Waals surface area contributed by atoms with E-state index in [-0.39, 0.29) is 11.8 Å². The maximum atomic E-state index is 11.1. The summed E-state index contributed by atoms with van der Waals surface area (Å²) in [4.78, 5) is 15.3. The molecule has 2 aromatic carbocycles. The smallest absolute Gasteiger partial charge is 0.145 e. The normalized spacial score (nSPS) is 12.8. The van der Waals surface area contributed by atoms with Gasteiger partial charge in [0.15, 0.2) is 0 Å². The van der Waals surface area contributed by atoms with E-state index < -0.39 is 0 Å². The van der Waals surface area contributed by atoms with Crippen LogP contribution in [0.15, 0.2) is 60.2 Å². The van der Waals surface area contributed by atoms with E-state index in [1.165, 1.54) is 22.5 Å². The molecule has 0 saturated carbocycles. The highest BCUT2D eigenvalue weighted by atomic mass is 16.1. The molecule has 0 aliphatic rings. The monoisotopic (exact) mass is 350 g/mol. The number of carbonyl (C=O) groups excluding carboxylic acids is 1. The third-order valence-corrected chi connectivity index (χ3v) is 4.77. The molecular formula is C23H30N2O. The van der Waals surface area contributed by atoms with Crippen molar-refractivity contribution in [2.75, 3.05) is 38.0 Å². The van der Waals surface area contributed by atoms with Gasteiger partial charge in [0.05, 0.1) is 0 Å². The number of carbonyl (C=O) groups is 1. The molecule has 0 aliphatic carbocycles. The Bertz CT molecular complexity index is 691. The molecule has 0 aromatic heterocycles. The lowest BCUT2D eigenvalue weighted by molar-refractivity contribution is -0.104. The second-order valence-corrected chi connectivity index (χ2v) is 7.34. The number of allylic oxidation sites excluding steroid dienone is 2. The summed E-state index contributed by atoms with van der Waals surface area (Å²) < 4.78 is 0. The van der Waals surface area contributed by atoms with E-state index in [0.717, 1.165) is 11.9 Å². The van der Waals surface area contributed by atoms with Gasteiger partial charge in [-0.3, -0.25) is 4.79 Å². The highest BCUT2D eigenvalue weighted by Crippen LogP contribution is 2.35. The first-order chi connectivity index (χ1) is 12.3. The number of aldehydes is 1. The van der Waals surface area contributed by atoms with Gasteiger partial charge in [-0.15, -0.1) is 0 Å². The van der Waals surface area contributed by atoms with E-state index in [1.807, 2.05) is 35.1 Å². The lowest BCUT2D eigenvalue weighted by Crippen LogP contribution is -2.13. The van der Waals surface area contributed by atoms with Gasteiger partial charge in [-0.05, 0) is 53.8 Å². The van der Waals surface area contributed by atoms with Crippen LogP contribution >= 0.6 is 0 Å². The average Bonchev–Trinajstić information content (AvgIpc) is 2.62. The Hall–Kier alpha value is -2.55. The van der Waals surface area contributed by atoms with Crippen LogP contribution in [0.4, 0.5) is 11.4 Å². The fourth-order valence-electron chi connectivity index (χ4n) is 3.31. The molecule has 3 nitrogen and oxygen atoms in total. The van der Waals surface area contributed by atoms with Gasteiger partial charge in [0.25, 0.3) is 0 Å². The summed E-state index contributed by atoms with van der Waals surface area (Å²) in [6.07, 6.45) is 3.00. The zero-order valence-corrected chi connectivity index (χ0v) is 16.7. The second-order valence-electron chi connectivity index (χ2n) is 7.34. The standard InChI is InChI=1S/C23H30N2O/c1-17(16-26)15-18(2)23(19-7-11-21(12-8-19)24(3)4)20-9-13-22(14-10-20)25(5)6/h7-16,18,23H,1-6H3/b17-15-/t18-/m0/s1. The van der Waals surface area contributed by atoms with Crippen LogP contribution in [0.25, 0.3) is 0 Å². The molecule has 0 unspecified atom stereocenters. The predicted molar refractivity (Wildman–Crippen MR) is 112 cm³/mol. The van der Waals surface area contributed by atoms with Crippen LogP contribution in [0.2, 0.25) is 0 Å². The molecule has 0 fully saturated rings. The Kier molecular flexibility index (Phi) is 6.62. The van der Waals surface area contributed by atoms with Crippen molar-refractivity contribution in [1.29, 1.82) is 0 Å². The number of hydrogen-bond acceptors (Lipinski definition) is 3. The van der Waals surface area contributed by atoms with Gasteiger partial charge in [-0.25, -0.2) is 0 Å². The SMILES string of the molecule is C/C(C=O)=C/[C@H](C)C(c1ccc(N(C)C)cc1)c1ccc(N(C)C)cc1. The summed E-state index contributed by atoms with van der Waals surface area (Å²) in [5.74, 6) is 0.424. The largest absolute Gasteiger partial charge is 0.378 e. The molecule has 26 heavy (non-hydrogen) atoms. The molecule has 0 bridgehead atoms. The lowest BCUT2D eigenvalue weighted by Gasteiger charge is -2.25. The molecule has 138 valence electrons. The van der Waals surface area contributed by atoms with Crippen molar-refractivity contribution >= 4 is 17.7 Å². The Labute approximate surface area is 157 Å². The minimum absolute atomic E-state index is 0.206. The van der Waals surface area contributed by atoms with Crippen molar-refractivity contribution in [2.45, 2.75) is 19.8 Å². The van der Waals surface area contributed by atoms with E-state index in [1.54, 1.807) is 0 Å². The van der Waals surface area contributed by atoms with Crippen LogP contribution in [-0.2, 0) is 4.79 Å². The van der Waals surface area contributed by atoms with Gasteiger partial charge < -0.3 is 9.80 Å². The molecule has 2 aromatic rings. The van der Waals surface area contributed by atoms with Crippen LogP contribution < -0.4 is 9.80 Å². The van der Waals surface area contributed by atoms with Crippen molar-refractivity contribution in [3.63, 3.8) is 0 Å². The van der Waals surface area contributed by atoms with Crippen molar-refractivity contribution in [2.24, 2.45) is 5.92 Å². The Balaban J connectivity index is 2.45. The number of hydrogen-bond donors (Lipinski definition) is 0. The van der Waals surface area contributed by atoms with Gasteiger partial charge >= 0.3 is 0 Å². The predicted octanol–water partition coefficient (Wildman–Crippen LogP) is 4.73. The van der Waals surface area contributed by atoms with Crippen molar-refractivity contribution < 1.29 is 4.79 Å². The molecule has 0 aliphatic heterocycles. The summed E-state index contributed by atoms with van der Waals surface area (Å²) in [6.45, 7) is 4.04. The second kappa shape index (κ2) is 8.70. The first-order valence-electron chi connectivity index (χ1n) is 9.01. The number of nitrogens with zero attached hydrogens (tertiary/aromatic N) is 2. The van der Waals surface area contributed by atoms with E-state index in [4.69, 9.17) is 0 Å². The Morgan fingerprint density at radius 1 is 0.808 bits per heavy atom.